The van der Waals surface area contributed by atoms with Gasteiger partial charge < -0.3 is 35.2 Å². The van der Waals surface area contributed by atoms with E-state index < -0.39 is 12.0 Å². The number of anilines is 4. The Morgan fingerprint density at radius 2 is 1.64 bits per heavy atom. The molecule has 6 N–H and O–H groups in total. The maximum Gasteiger partial charge on any atom is 0.411 e. The van der Waals surface area contributed by atoms with E-state index in [9.17, 15) is 14.4 Å². The zero-order valence-electron chi connectivity index (χ0n) is 22.7. The van der Waals surface area contributed by atoms with Crippen LogP contribution >= 0.6 is 12.4 Å². The van der Waals surface area contributed by atoms with E-state index >= 15 is 0 Å². The summed E-state index contributed by atoms with van der Waals surface area (Å²) in [6.07, 6.45) is 4.09. The third-order valence-corrected chi connectivity index (χ3v) is 6.07. The lowest BCUT2D eigenvalue weighted by Gasteiger charge is -2.06. The molecule has 5 aromatic rings. The Hall–Kier alpha value is -5.56. The van der Waals surface area contributed by atoms with Crippen molar-refractivity contribution in [1.29, 1.82) is 0 Å². The van der Waals surface area contributed by atoms with Crippen LogP contribution in [0.25, 0.3) is 22.4 Å². The number of aromatic amines is 1. The topological polar surface area (TPSA) is 174 Å². The van der Waals surface area contributed by atoms with Crippen LogP contribution in [0.1, 0.15) is 21.1 Å². The Balaban J connectivity index is 0.00000405. The van der Waals surface area contributed by atoms with Gasteiger partial charge in [-0.15, -0.1) is 12.4 Å². The van der Waals surface area contributed by atoms with Gasteiger partial charge in [0.2, 0.25) is 5.82 Å². The van der Waals surface area contributed by atoms with Crippen LogP contribution in [0.15, 0.2) is 73.6 Å². The smallest absolute Gasteiger partial charge is 0.411 e. The lowest BCUT2D eigenvalue weighted by molar-refractivity contribution is 0.100. The maximum absolute atomic E-state index is 13.0. The number of nitrogens with zero attached hydrogens (tertiary/aromatic N) is 4. The quantitative estimate of drug-likeness (QED) is 0.165. The Labute approximate surface area is 246 Å². The van der Waals surface area contributed by atoms with E-state index in [2.05, 4.69) is 37.5 Å². The first-order valence-corrected chi connectivity index (χ1v) is 12.4. The number of imidazole rings is 2. The van der Waals surface area contributed by atoms with Crippen molar-refractivity contribution in [2.45, 2.75) is 0 Å². The zero-order valence-corrected chi connectivity index (χ0v) is 23.5. The van der Waals surface area contributed by atoms with E-state index in [1.54, 1.807) is 67.5 Å². The highest BCUT2D eigenvalue weighted by atomic mass is 35.5. The van der Waals surface area contributed by atoms with Crippen LogP contribution in [0, 0.1) is 0 Å². The minimum Gasteiger partial charge on any atom is -0.445 e. The number of halogens is 1. The molecular formula is C28H28ClN9O4. The Kier molecular flexibility index (Phi) is 8.62. The van der Waals surface area contributed by atoms with Crippen LogP contribution in [-0.4, -0.2) is 48.6 Å². The molecule has 0 aliphatic heterocycles. The number of carbonyl (C=O) groups is 3. The number of hydrogen-bond donors (Lipinski definition) is 5. The van der Waals surface area contributed by atoms with Gasteiger partial charge in [0.15, 0.2) is 0 Å². The van der Waals surface area contributed by atoms with Crippen LogP contribution in [0.3, 0.4) is 0 Å². The number of fused-ring (bicyclic) bond motifs is 1. The van der Waals surface area contributed by atoms with E-state index in [0.717, 1.165) is 16.6 Å². The summed E-state index contributed by atoms with van der Waals surface area (Å²) in [5.74, 6) is 0.227. The molecule has 0 atom stereocenters. The standard InChI is InChI=1S/C28H27N9O4.ClH/c1-4-11-41-28(40)32-18-9-10-20-21(12-18)34-24(33-20)16-5-7-17(8-6-16)30-26(38)22-13-19(14-36(22)2)31-27(39)25-35-23(29)15-37(25)3;/h4-10,12-15H,1,11,29H2,2-3H3,(H,30,38)(H,31,39)(H,32,40)(H,33,34);1H. The second-order valence-electron chi connectivity index (χ2n) is 9.14. The number of aryl methyl sites for hydroxylation is 2. The average Bonchev–Trinajstić information content (AvgIpc) is 3.63. The van der Waals surface area contributed by atoms with Crippen LogP contribution in [0.2, 0.25) is 0 Å². The molecule has 0 spiro atoms. The molecule has 216 valence electrons. The van der Waals surface area contributed by atoms with Crippen molar-refractivity contribution in [1.82, 2.24) is 24.1 Å². The number of aromatic nitrogens is 5. The van der Waals surface area contributed by atoms with Gasteiger partial charge in [0.25, 0.3) is 11.8 Å². The molecule has 3 heterocycles. The summed E-state index contributed by atoms with van der Waals surface area (Å²) in [4.78, 5) is 49.1. The molecule has 3 aromatic heterocycles. The SMILES string of the molecule is C=CCOC(=O)Nc1ccc2nc(-c3ccc(NC(=O)c4cc(NC(=O)c5nc(N)cn5C)cn4C)cc3)[nH]c2c1.Cl. The Morgan fingerprint density at radius 3 is 2.33 bits per heavy atom. The molecule has 0 radical (unpaired) electrons. The van der Waals surface area contributed by atoms with Crippen molar-refractivity contribution in [2.24, 2.45) is 14.1 Å². The molecule has 0 fully saturated rings. The lowest BCUT2D eigenvalue weighted by Crippen LogP contribution is -2.16. The number of H-pyrrole nitrogens is 1. The first-order chi connectivity index (χ1) is 19.7. The summed E-state index contributed by atoms with van der Waals surface area (Å²) in [6.45, 7) is 3.63. The van der Waals surface area contributed by atoms with Gasteiger partial charge in [-0.25, -0.2) is 14.8 Å². The van der Waals surface area contributed by atoms with Gasteiger partial charge in [0.05, 0.1) is 16.7 Å². The molecule has 0 saturated heterocycles. The number of ether oxygens (including phenoxy) is 1. The summed E-state index contributed by atoms with van der Waals surface area (Å²) >= 11 is 0. The highest BCUT2D eigenvalue weighted by Crippen LogP contribution is 2.25. The number of nitrogens with one attached hydrogen (secondary N) is 4. The fourth-order valence-corrected chi connectivity index (χ4v) is 4.17. The fourth-order valence-electron chi connectivity index (χ4n) is 4.17. The van der Waals surface area contributed by atoms with E-state index in [1.807, 2.05) is 12.1 Å². The van der Waals surface area contributed by atoms with Crippen molar-refractivity contribution in [3.63, 3.8) is 0 Å². The van der Waals surface area contributed by atoms with E-state index in [1.165, 1.54) is 10.6 Å². The fraction of sp³-hybridized carbons (Fsp3) is 0.107. The number of carbonyl (C=O) groups excluding carboxylic acids is 3. The molecule has 2 aromatic carbocycles. The Bertz CT molecular complexity index is 1790. The molecule has 14 heteroatoms. The van der Waals surface area contributed by atoms with Crippen molar-refractivity contribution >= 4 is 64.2 Å². The molecule has 0 unspecified atom stereocenters. The molecule has 0 aliphatic carbocycles. The highest BCUT2D eigenvalue weighted by molar-refractivity contribution is 6.06. The molecular weight excluding hydrogens is 562 g/mol. The lowest BCUT2D eigenvalue weighted by atomic mass is 10.2. The largest absolute Gasteiger partial charge is 0.445 e. The molecule has 0 bridgehead atoms. The van der Waals surface area contributed by atoms with Gasteiger partial charge in [-0.05, 0) is 48.5 Å². The predicted octanol–water partition coefficient (Wildman–Crippen LogP) is 4.55. The third-order valence-electron chi connectivity index (χ3n) is 6.07. The summed E-state index contributed by atoms with van der Waals surface area (Å²) < 4.78 is 8.08. The second kappa shape index (κ2) is 12.3. The van der Waals surface area contributed by atoms with Gasteiger partial charge >= 0.3 is 6.09 Å². The van der Waals surface area contributed by atoms with Crippen LogP contribution in [-0.2, 0) is 18.8 Å². The summed E-state index contributed by atoms with van der Waals surface area (Å²) in [5.41, 5.74) is 9.84. The number of nitrogens with two attached hydrogens (primary N) is 1. The van der Waals surface area contributed by atoms with Gasteiger partial charge in [-0.3, -0.25) is 14.9 Å². The van der Waals surface area contributed by atoms with Gasteiger partial charge in [0, 0.05) is 43.4 Å². The molecule has 13 nitrogen and oxygen atoms in total. The maximum atomic E-state index is 13.0. The van der Waals surface area contributed by atoms with Gasteiger partial charge in [-0.2, -0.15) is 0 Å². The minimum atomic E-state index is -0.576. The predicted molar refractivity (Wildman–Crippen MR) is 163 cm³/mol. The normalized spacial score (nSPS) is 10.5. The van der Waals surface area contributed by atoms with E-state index in [0.29, 0.717) is 28.6 Å². The number of hydrogen-bond acceptors (Lipinski definition) is 7. The van der Waals surface area contributed by atoms with Crippen molar-refractivity contribution in [2.75, 3.05) is 28.3 Å². The monoisotopic (exact) mass is 589 g/mol. The van der Waals surface area contributed by atoms with Gasteiger partial charge in [-0.1, -0.05) is 12.7 Å². The van der Waals surface area contributed by atoms with E-state index in [-0.39, 0.29) is 36.6 Å². The van der Waals surface area contributed by atoms with E-state index in [4.69, 9.17) is 10.5 Å². The molecule has 3 amide bonds. The summed E-state index contributed by atoms with van der Waals surface area (Å²) in [7, 11) is 3.38. The minimum absolute atomic E-state index is 0. The third kappa shape index (κ3) is 6.42. The van der Waals surface area contributed by atoms with Crippen molar-refractivity contribution in [3.8, 4) is 11.4 Å². The summed E-state index contributed by atoms with van der Waals surface area (Å²) in [5, 5.41) is 8.25. The first kappa shape index (κ1) is 29.4. The molecule has 42 heavy (non-hydrogen) atoms. The molecule has 0 aliphatic rings. The zero-order chi connectivity index (χ0) is 29.1. The molecule has 0 saturated carbocycles. The average molecular weight is 590 g/mol. The molecule has 5 rings (SSSR count). The van der Waals surface area contributed by atoms with Crippen LogP contribution in [0.5, 0.6) is 0 Å². The van der Waals surface area contributed by atoms with Crippen molar-refractivity contribution in [3.05, 3.63) is 85.1 Å². The first-order valence-electron chi connectivity index (χ1n) is 12.4. The summed E-state index contributed by atoms with van der Waals surface area (Å²) in [6, 6.07) is 14.0. The number of amides is 3. The van der Waals surface area contributed by atoms with Gasteiger partial charge in [0.1, 0.15) is 23.9 Å². The highest BCUT2D eigenvalue weighted by Gasteiger charge is 2.17. The van der Waals surface area contributed by atoms with Crippen LogP contribution in [0.4, 0.5) is 27.7 Å². The number of benzene rings is 2. The van der Waals surface area contributed by atoms with Crippen LogP contribution < -0.4 is 21.7 Å². The number of nitrogen functional groups attached to an aromatic ring is 1. The second-order valence-corrected chi connectivity index (χ2v) is 9.14. The van der Waals surface area contributed by atoms with Crippen molar-refractivity contribution < 1.29 is 19.1 Å². The Morgan fingerprint density at radius 1 is 0.929 bits per heavy atom. The number of rotatable bonds is 8.